The first-order valence-corrected chi connectivity index (χ1v) is 9.09. The molecule has 0 N–H and O–H groups in total. The molecule has 1 aromatic heterocycles. The number of piperidine rings is 1. The third kappa shape index (κ3) is 3.12. The van der Waals surface area contributed by atoms with Gasteiger partial charge in [0.25, 0.3) is 0 Å². The summed E-state index contributed by atoms with van der Waals surface area (Å²) in [4.78, 5) is 6.48. The van der Waals surface area contributed by atoms with E-state index in [-0.39, 0.29) is 11.7 Å². The maximum Gasteiger partial charge on any atom is 0.324 e. The molecule has 1 aromatic carbocycles. The maximum atomic E-state index is 13.8. The molecule has 2 fully saturated rings. The van der Waals surface area contributed by atoms with Crippen LogP contribution in [0.2, 0.25) is 0 Å². The molecule has 1 aliphatic carbocycles. The highest BCUT2D eigenvalue weighted by Gasteiger charge is 2.57. The van der Waals surface area contributed by atoms with Crippen LogP contribution in [0.4, 0.5) is 14.8 Å². The van der Waals surface area contributed by atoms with Gasteiger partial charge in [-0.15, -0.1) is 0 Å². The fraction of sp³-hybridized carbons (Fsp3) is 0.529. The predicted molar refractivity (Wildman–Crippen MR) is 90.6 cm³/mol. The van der Waals surface area contributed by atoms with Crippen molar-refractivity contribution in [1.29, 1.82) is 0 Å². The van der Waals surface area contributed by atoms with Gasteiger partial charge in [0.1, 0.15) is 0 Å². The van der Waals surface area contributed by atoms with E-state index in [2.05, 4.69) is 31.0 Å². The summed E-state index contributed by atoms with van der Waals surface area (Å²) in [6.45, 7) is 5.97. The summed E-state index contributed by atoms with van der Waals surface area (Å²) in [5.74, 6) is 0.447. The van der Waals surface area contributed by atoms with Gasteiger partial charge in [0.05, 0.1) is 6.61 Å². The van der Waals surface area contributed by atoms with Gasteiger partial charge < -0.3 is 14.2 Å². The van der Waals surface area contributed by atoms with Gasteiger partial charge in [0.2, 0.25) is 0 Å². The van der Waals surface area contributed by atoms with E-state index in [9.17, 15) is 8.78 Å². The van der Waals surface area contributed by atoms with Crippen LogP contribution in [0.5, 0.6) is 5.75 Å². The lowest BCUT2D eigenvalue weighted by atomic mass is 10.2. The molecular formula is C17H18BrF2N3O2. The monoisotopic (exact) mass is 413 g/mol. The molecule has 0 spiro atoms. The summed E-state index contributed by atoms with van der Waals surface area (Å²) in [5, 5.41) is 3.98. The van der Waals surface area contributed by atoms with E-state index in [4.69, 9.17) is 9.26 Å². The topological polar surface area (TPSA) is 51.4 Å². The lowest BCUT2D eigenvalue weighted by molar-refractivity contribution is 0.256. The summed E-state index contributed by atoms with van der Waals surface area (Å²) < 4.78 is 38.7. The highest BCUT2D eigenvalue weighted by molar-refractivity contribution is 9.10. The molecule has 25 heavy (non-hydrogen) atoms. The average molecular weight is 414 g/mol. The summed E-state index contributed by atoms with van der Waals surface area (Å²) in [6.07, 6.45) is 0. The van der Waals surface area contributed by atoms with E-state index in [0.29, 0.717) is 40.7 Å². The minimum atomic E-state index is -0.689. The van der Waals surface area contributed by atoms with Crippen molar-refractivity contribution in [3.05, 3.63) is 34.1 Å². The normalized spacial score (nSPS) is 24.7. The highest BCUT2D eigenvalue weighted by Crippen LogP contribution is 2.52. The van der Waals surface area contributed by atoms with Crippen molar-refractivity contribution in [1.82, 2.24) is 10.1 Å². The molecule has 5 nitrogen and oxygen atoms in total. The van der Waals surface area contributed by atoms with Gasteiger partial charge >= 0.3 is 6.01 Å². The van der Waals surface area contributed by atoms with Gasteiger partial charge in [-0.2, -0.15) is 4.98 Å². The Balaban J connectivity index is 1.33. The molecule has 2 heterocycles. The van der Waals surface area contributed by atoms with Crippen LogP contribution >= 0.6 is 15.9 Å². The molecule has 1 saturated carbocycles. The Morgan fingerprint density at radius 2 is 1.92 bits per heavy atom. The number of hydrogen-bond acceptors (Lipinski definition) is 5. The van der Waals surface area contributed by atoms with Crippen LogP contribution in [0.3, 0.4) is 0 Å². The number of hydrogen-bond donors (Lipinski definition) is 0. The third-order valence-corrected chi connectivity index (χ3v) is 5.43. The van der Waals surface area contributed by atoms with Gasteiger partial charge in [-0.25, -0.2) is 8.78 Å². The molecule has 2 aromatic rings. The zero-order valence-corrected chi connectivity index (χ0v) is 15.5. The molecule has 1 aliphatic heterocycles. The number of benzene rings is 1. The fourth-order valence-corrected chi connectivity index (χ4v) is 3.89. The fourth-order valence-electron chi connectivity index (χ4n) is 3.49. The number of rotatable bonds is 5. The van der Waals surface area contributed by atoms with Crippen molar-refractivity contribution >= 4 is 21.9 Å². The first kappa shape index (κ1) is 16.8. The van der Waals surface area contributed by atoms with E-state index in [1.807, 2.05) is 13.8 Å². The second-order valence-corrected chi connectivity index (χ2v) is 7.91. The Kier molecular flexibility index (Phi) is 4.17. The van der Waals surface area contributed by atoms with Crippen LogP contribution in [0, 0.1) is 29.4 Å². The van der Waals surface area contributed by atoms with E-state index in [0.717, 1.165) is 13.1 Å². The molecule has 8 heteroatoms. The highest BCUT2D eigenvalue weighted by atomic mass is 79.9. The van der Waals surface area contributed by atoms with E-state index >= 15 is 0 Å². The van der Waals surface area contributed by atoms with Crippen LogP contribution in [0.1, 0.15) is 25.6 Å². The zero-order chi connectivity index (χ0) is 17.7. The first-order chi connectivity index (χ1) is 11.9. The molecule has 1 saturated heterocycles. The lowest BCUT2D eigenvalue weighted by Gasteiger charge is -2.17. The average Bonchev–Trinajstić information content (AvgIpc) is 2.97. The van der Waals surface area contributed by atoms with Gasteiger partial charge in [-0.1, -0.05) is 34.9 Å². The minimum absolute atomic E-state index is 0.228. The Morgan fingerprint density at radius 3 is 2.48 bits per heavy atom. The SMILES string of the molecule is CC(C)c1noc(N2CC3C(COc4c(F)cc(Br)cc4F)C3C2)n1. The number of ether oxygens (including phenoxy) is 1. The van der Waals surface area contributed by atoms with Gasteiger partial charge in [0.15, 0.2) is 23.2 Å². The Morgan fingerprint density at radius 1 is 1.28 bits per heavy atom. The van der Waals surface area contributed by atoms with Crippen molar-refractivity contribution < 1.29 is 18.0 Å². The Hall–Kier alpha value is -1.70. The van der Waals surface area contributed by atoms with Crippen molar-refractivity contribution in [3.8, 4) is 5.75 Å². The number of fused-ring (bicyclic) bond motifs is 1. The Labute approximate surface area is 152 Å². The second kappa shape index (κ2) is 6.23. The van der Waals surface area contributed by atoms with Crippen LogP contribution in [-0.2, 0) is 0 Å². The molecule has 2 atom stereocenters. The molecule has 0 amide bonds. The summed E-state index contributed by atoms with van der Waals surface area (Å²) >= 11 is 3.06. The largest absolute Gasteiger partial charge is 0.487 e. The molecular weight excluding hydrogens is 396 g/mol. The lowest BCUT2D eigenvalue weighted by Crippen LogP contribution is -2.25. The van der Waals surface area contributed by atoms with Gasteiger partial charge in [-0.05, 0) is 24.0 Å². The van der Waals surface area contributed by atoms with Crippen LogP contribution in [0.25, 0.3) is 0 Å². The number of aromatic nitrogens is 2. The summed E-state index contributed by atoms with van der Waals surface area (Å²) in [7, 11) is 0. The summed E-state index contributed by atoms with van der Waals surface area (Å²) in [5.41, 5.74) is 0. The molecule has 0 radical (unpaired) electrons. The standard InChI is InChI=1S/C17H18BrF2N3O2/c1-8(2)16-21-17(25-22-16)23-5-10-11(6-23)12(10)7-24-15-13(19)3-9(18)4-14(15)20/h3-4,8,10-12H,5-7H2,1-2H3. The van der Waals surface area contributed by atoms with Gasteiger partial charge in [-0.3, -0.25) is 0 Å². The van der Waals surface area contributed by atoms with Crippen LogP contribution in [0.15, 0.2) is 21.1 Å². The third-order valence-electron chi connectivity index (χ3n) is 4.97. The molecule has 2 aliphatic rings. The van der Waals surface area contributed by atoms with E-state index in [1.54, 1.807) is 0 Å². The van der Waals surface area contributed by atoms with Crippen LogP contribution in [-0.4, -0.2) is 29.8 Å². The molecule has 2 unspecified atom stereocenters. The molecule has 4 rings (SSSR count). The van der Waals surface area contributed by atoms with Crippen molar-refractivity contribution in [3.63, 3.8) is 0 Å². The number of halogens is 3. The van der Waals surface area contributed by atoms with Crippen LogP contribution < -0.4 is 9.64 Å². The minimum Gasteiger partial charge on any atom is -0.487 e. The van der Waals surface area contributed by atoms with Crippen molar-refractivity contribution in [2.75, 3.05) is 24.6 Å². The summed E-state index contributed by atoms with van der Waals surface area (Å²) in [6, 6.07) is 2.96. The van der Waals surface area contributed by atoms with E-state index in [1.165, 1.54) is 12.1 Å². The second-order valence-electron chi connectivity index (χ2n) is 7.00. The maximum absolute atomic E-state index is 13.8. The first-order valence-electron chi connectivity index (χ1n) is 8.30. The van der Waals surface area contributed by atoms with E-state index < -0.39 is 11.6 Å². The Bertz CT molecular complexity index is 763. The zero-order valence-electron chi connectivity index (χ0n) is 13.9. The quantitative estimate of drug-likeness (QED) is 0.741. The number of nitrogens with zero attached hydrogens (tertiary/aromatic N) is 3. The smallest absolute Gasteiger partial charge is 0.324 e. The van der Waals surface area contributed by atoms with Crippen molar-refractivity contribution in [2.45, 2.75) is 19.8 Å². The number of anilines is 1. The molecule has 134 valence electrons. The van der Waals surface area contributed by atoms with Gasteiger partial charge in [0, 0.05) is 29.4 Å². The predicted octanol–water partition coefficient (Wildman–Crippen LogP) is 3.99. The molecule has 0 bridgehead atoms. The van der Waals surface area contributed by atoms with Crippen molar-refractivity contribution in [2.24, 2.45) is 17.8 Å².